The summed E-state index contributed by atoms with van der Waals surface area (Å²) < 4.78 is 10.8. The van der Waals surface area contributed by atoms with Crippen LogP contribution in [0.5, 0.6) is 5.88 Å². The molecule has 4 heterocycles. The van der Waals surface area contributed by atoms with E-state index in [0.29, 0.717) is 55.5 Å². The molecule has 2 aromatic heterocycles. The molecule has 0 spiro atoms. The zero-order valence-corrected chi connectivity index (χ0v) is 17.4. The molecule has 1 N–H and O–H groups in total. The highest BCUT2D eigenvalue weighted by molar-refractivity contribution is 6.39. The molecule has 2 aliphatic rings. The molecular weight excluding hydrogens is 413 g/mol. The van der Waals surface area contributed by atoms with Crippen LogP contribution in [0, 0.1) is 22.7 Å². The molecule has 2 aliphatic heterocycles. The first-order valence-corrected chi connectivity index (χ1v) is 10.1. The highest BCUT2D eigenvalue weighted by Crippen LogP contribution is 2.35. The number of anilines is 1. The number of fused-ring (bicyclic) bond motifs is 1. The topological polar surface area (TPSA) is 107 Å². The average molecular weight is 430 g/mol. The lowest BCUT2D eigenvalue weighted by Crippen LogP contribution is -2.50. The smallest absolute Gasteiger partial charge is 0.213 e. The molecule has 1 saturated heterocycles. The van der Waals surface area contributed by atoms with Gasteiger partial charge in [0, 0.05) is 30.9 Å². The minimum absolute atomic E-state index is 0.0189. The lowest BCUT2D eigenvalue weighted by atomic mass is 9.56. The van der Waals surface area contributed by atoms with Gasteiger partial charge in [-0.05, 0) is 22.9 Å². The second kappa shape index (κ2) is 8.76. The number of rotatable bonds is 6. The third-order valence-corrected chi connectivity index (χ3v) is 5.69. The molecular formula is C20H17B2ClN6O2. The third kappa shape index (κ3) is 4.20. The monoisotopic (exact) mass is 430 g/mol. The third-order valence-electron chi connectivity index (χ3n) is 5.41. The maximum atomic E-state index is 9.52. The number of hydrogen-bond acceptors (Lipinski definition) is 8. The summed E-state index contributed by atoms with van der Waals surface area (Å²) in [5.41, 5.74) is 2.49. The van der Waals surface area contributed by atoms with Crippen LogP contribution in [0.15, 0.2) is 18.3 Å². The van der Waals surface area contributed by atoms with E-state index < -0.39 is 5.34 Å². The van der Waals surface area contributed by atoms with Crippen LogP contribution in [0.3, 0.4) is 0 Å². The average Bonchev–Trinajstić information content (AvgIpc) is 2.74. The molecule has 0 aliphatic carbocycles. The van der Waals surface area contributed by atoms with Crippen molar-refractivity contribution in [2.24, 2.45) is 0 Å². The second-order valence-corrected chi connectivity index (χ2v) is 7.72. The lowest BCUT2D eigenvalue weighted by molar-refractivity contribution is -0.0813. The highest BCUT2D eigenvalue weighted by Gasteiger charge is 2.34. The Morgan fingerprint density at radius 3 is 2.74 bits per heavy atom. The van der Waals surface area contributed by atoms with Gasteiger partial charge in [0.2, 0.25) is 5.88 Å². The van der Waals surface area contributed by atoms with Gasteiger partial charge in [-0.3, -0.25) is 0 Å². The second-order valence-electron chi connectivity index (χ2n) is 7.37. The fourth-order valence-electron chi connectivity index (χ4n) is 3.62. The molecule has 31 heavy (non-hydrogen) atoms. The van der Waals surface area contributed by atoms with Gasteiger partial charge >= 0.3 is 0 Å². The van der Waals surface area contributed by atoms with Gasteiger partial charge in [-0.15, -0.1) is 0 Å². The van der Waals surface area contributed by atoms with Crippen LogP contribution in [0.2, 0.25) is 5.15 Å². The van der Waals surface area contributed by atoms with E-state index in [9.17, 15) is 5.26 Å². The number of ether oxygens (including phenoxy) is 2. The Bertz CT molecular complexity index is 1060. The molecule has 1 fully saturated rings. The van der Waals surface area contributed by atoms with Gasteiger partial charge in [0.15, 0.2) is 0 Å². The summed E-state index contributed by atoms with van der Waals surface area (Å²) >= 11 is 6.19. The van der Waals surface area contributed by atoms with Crippen molar-refractivity contribution < 1.29 is 9.47 Å². The molecule has 0 aromatic carbocycles. The first kappa shape index (κ1) is 21.5. The number of nitrogens with zero attached hydrogens (tertiary/aromatic N) is 5. The van der Waals surface area contributed by atoms with Gasteiger partial charge in [0.1, 0.15) is 29.7 Å². The fourth-order valence-corrected chi connectivity index (χ4v) is 3.86. The molecule has 0 bridgehead atoms. The Balaban J connectivity index is 1.59. The summed E-state index contributed by atoms with van der Waals surface area (Å²) in [5.74, 6) is 0.933. The van der Waals surface area contributed by atoms with Crippen LogP contribution in [-0.2, 0) is 23.0 Å². The molecule has 2 aromatic rings. The molecule has 0 amide bonds. The van der Waals surface area contributed by atoms with Gasteiger partial charge in [0.05, 0.1) is 40.5 Å². The Labute approximate surface area is 187 Å². The van der Waals surface area contributed by atoms with Gasteiger partial charge < -0.3 is 19.7 Å². The van der Waals surface area contributed by atoms with Crippen molar-refractivity contribution in [1.82, 2.24) is 14.9 Å². The summed E-state index contributed by atoms with van der Waals surface area (Å²) in [6, 6.07) is 7.65. The summed E-state index contributed by atoms with van der Waals surface area (Å²) in [7, 11) is 13.1. The zero-order valence-electron chi connectivity index (χ0n) is 16.6. The van der Waals surface area contributed by atoms with E-state index in [2.05, 4.69) is 21.4 Å². The molecule has 0 unspecified atom stereocenters. The van der Waals surface area contributed by atoms with E-state index in [1.54, 1.807) is 18.3 Å². The molecule has 0 saturated carbocycles. The predicted molar refractivity (Wildman–Crippen MR) is 115 cm³/mol. The first-order valence-electron chi connectivity index (χ1n) is 9.70. The Hall–Kier alpha value is -2.78. The largest absolute Gasteiger partial charge is 0.469 e. The standard InChI is InChI=1S/C20H17B2ClN6O2/c21-20(22,12-1-2-17(27-8-12)31-13-10-30-11-13)29-6-3-14-15(7-25)18(23)28-19(16(14)9-29)26-5-4-24/h1-2,8,13H,3,5-6,9-11H2,(H,26,28). The summed E-state index contributed by atoms with van der Waals surface area (Å²) in [6.45, 7) is 1.99. The van der Waals surface area contributed by atoms with Crippen molar-refractivity contribution in [2.45, 2.75) is 24.4 Å². The maximum absolute atomic E-state index is 9.52. The quantitative estimate of drug-likeness (QED) is 0.414. The summed E-state index contributed by atoms with van der Waals surface area (Å²) in [6.07, 6.45) is 2.12. The normalized spacial score (nSPS) is 16.5. The van der Waals surface area contributed by atoms with Crippen LogP contribution < -0.4 is 10.1 Å². The van der Waals surface area contributed by atoms with Crippen LogP contribution in [-0.4, -0.2) is 63.0 Å². The van der Waals surface area contributed by atoms with Crippen LogP contribution in [0.4, 0.5) is 5.82 Å². The van der Waals surface area contributed by atoms with Gasteiger partial charge in [0.25, 0.3) is 0 Å². The van der Waals surface area contributed by atoms with Crippen molar-refractivity contribution in [3.8, 4) is 18.0 Å². The minimum Gasteiger partial charge on any atom is -0.469 e. The minimum atomic E-state index is -1.32. The number of nitriles is 2. The Morgan fingerprint density at radius 1 is 1.32 bits per heavy atom. The van der Waals surface area contributed by atoms with E-state index in [4.69, 9.17) is 42.0 Å². The molecule has 11 heteroatoms. The lowest BCUT2D eigenvalue weighted by Gasteiger charge is -2.43. The van der Waals surface area contributed by atoms with E-state index >= 15 is 0 Å². The van der Waals surface area contributed by atoms with Gasteiger partial charge in [-0.1, -0.05) is 17.7 Å². The number of nitrogens with one attached hydrogen (secondary N) is 1. The fraction of sp³-hybridized carbons (Fsp3) is 0.400. The van der Waals surface area contributed by atoms with Crippen molar-refractivity contribution in [3.63, 3.8) is 0 Å². The van der Waals surface area contributed by atoms with Crippen molar-refractivity contribution in [1.29, 1.82) is 10.5 Å². The number of hydrogen-bond donors (Lipinski definition) is 1. The number of pyridine rings is 2. The molecule has 4 radical (unpaired) electrons. The van der Waals surface area contributed by atoms with Gasteiger partial charge in [-0.2, -0.15) is 10.5 Å². The van der Waals surface area contributed by atoms with Crippen LogP contribution in [0.25, 0.3) is 0 Å². The zero-order chi connectivity index (χ0) is 22.0. The van der Waals surface area contributed by atoms with Crippen LogP contribution >= 0.6 is 11.6 Å². The summed E-state index contributed by atoms with van der Waals surface area (Å²) in [5, 5.41) is 20.2. The van der Waals surface area contributed by atoms with Crippen molar-refractivity contribution in [3.05, 3.63) is 45.7 Å². The van der Waals surface area contributed by atoms with E-state index in [1.807, 2.05) is 11.0 Å². The van der Waals surface area contributed by atoms with E-state index in [0.717, 1.165) is 11.1 Å². The Morgan fingerprint density at radius 2 is 2.13 bits per heavy atom. The molecule has 8 nitrogen and oxygen atoms in total. The van der Waals surface area contributed by atoms with Gasteiger partial charge in [-0.25, -0.2) is 9.97 Å². The van der Waals surface area contributed by atoms with E-state index in [-0.39, 0.29) is 17.8 Å². The van der Waals surface area contributed by atoms with E-state index in [1.165, 1.54) is 0 Å². The molecule has 4 rings (SSSR count). The van der Waals surface area contributed by atoms with Crippen LogP contribution in [0.1, 0.15) is 22.3 Å². The number of aromatic nitrogens is 2. The highest BCUT2D eigenvalue weighted by atomic mass is 35.5. The summed E-state index contributed by atoms with van der Waals surface area (Å²) in [4.78, 5) is 10.5. The number of halogens is 1. The van der Waals surface area contributed by atoms with Crippen molar-refractivity contribution >= 4 is 33.1 Å². The molecule has 0 atom stereocenters. The van der Waals surface area contributed by atoms with Crippen molar-refractivity contribution in [2.75, 3.05) is 31.6 Å². The first-order chi connectivity index (χ1) is 14.9. The molecule has 152 valence electrons. The SMILES string of the molecule is [B]C([B])(c1ccc(OC2COC2)nc1)N1CCc2c(C#N)c(Cl)nc(NCC#N)c2C1. The maximum Gasteiger partial charge on any atom is 0.213 e. The Kier molecular flexibility index (Phi) is 6.06. The predicted octanol–water partition coefficient (Wildman–Crippen LogP) is 1.22.